The molecule has 2 rings (SSSR count). The molecule has 1 aromatic carbocycles. The van der Waals surface area contributed by atoms with Crippen LogP contribution in [-0.2, 0) is 0 Å². The Kier molecular flexibility index (Phi) is 6.30. The maximum atomic E-state index is 12.2. The Morgan fingerprint density at radius 2 is 1.76 bits per heavy atom. The van der Waals surface area contributed by atoms with Gasteiger partial charge in [-0.2, -0.15) is 0 Å². The first kappa shape index (κ1) is 18.7. The fourth-order valence-electron chi connectivity index (χ4n) is 2.22. The van der Waals surface area contributed by atoms with Gasteiger partial charge in [0.05, 0.1) is 0 Å². The van der Waals surface area contributed by atoms with Gasteiger partial charge in [0.15, 0.2) is 0 Å². The molecule has 0 saturated carbocycles. The highest BCUT2D eigenvalue weighted by Gasteiger charge is 2.10. The maximum absolute atomic E-state index is 12.2. The molecule has 2 N–H and O–H groups in total. The van der Waals surface area contributed by atoms with Gasteiger partial charge in [-0.15, -0.1) is 0 Å². The highest BCUT2D eigenvalue weighted by molar-refractivity contribution is 5.93. The summed E-state index contributed by atoms with van der Waals surface area (Å²) >= 11 is 0. The zero-order valence-electron chi connectivity index (χ0n) is 15.5. The van der Waals surface area contributed by atoms with Gasteiger partial charge in [-0.25, -0.2) is 9.97 Å². The number of carbonyl (C=O) groups excluding carboxylic acids is 1. The third kappa shape index (κ3) is 5.72. The Labute approximate surface area is 149 Å². The largest absolute Gasteiger partial charge is 0.378 e. The molecule has 0 aliphatic rings. The molecule has 0 saturated heterocycles. The molecule has 2 aromatic rings. The van der Waals surface area contributed by atoms with Crippen LogP contribution in [0.3, 0.4) is 0 Å². The van der Waals surface area contributed by atoms with Crippen LogP contribution in [0.4, 0.5) is 17.2 Å². The van der Waals surface area contributed by atoms with E-state index in [2.05, 4.69) is 20.6 Å². The van der Waals surface area contributed by atoms with Crippen LogP contribution in [0.15, 0.2) is 30.3 Å². The molecule has 0 spiro atoms. The SMILES string of the molecule is Cc1nc(Nc2ccc(N(C)C)cc2)cc(C(=O)NCCN(C)C)n1. The van der Waals surface area contributed by atoms with Gasteiger partial charge in [0, 0.05) is 44.6 Å². The number of hydrogen-bond acceptors (Lipinski definition) is 6. The van der Waals surface area contributed by atoms with E-state index in [9.17, 15) is 4.79 Å². The highest BCUT2D eigenvalue weighted by Crippen LogP contribution is 2.19. The second-order valence-corrected chi connectivity index (χ2v) is 6.31. The van der Waals surface area contributed by atoms with Gasteiger partial charge in [-0.05, 0) is 45.3 Å². The number of amides is 1. The van der Waals surface area contributed by atoms with Crippen LogP contribution < -0.4 is 15.5 Å². The third-order valence-corrected chi connectivity index (χ3v) is 3.57. The summed E-state index contributed by atoms with van der Waals surface area (Å²) in [6.45, 7) is 3.12. The molecule has 1 amide bonds. The molecule has 0 aliphatic carbocycles. The minimum atomic E-state index is -0.196. The van der Waals surface area contributed by atoms with Crippen LogP contribution in [0.25, 0.3) is 0 Å². The molecule has 0 radical (unpaired) electrons. The highest BCUT2D eigenvalue weighted by atomic mass is 16.1. The number of rotatable bonds is 7. The van der Waals surface area contributed by atoms with Crippen molar-refractivity contribution in [3.8, 4) is 0 Å². The Morgan fingerprint density at radius 3 is 2.36 bits per heavy atom. The minimum Gasteiger partial charge on any atom is -0.378 e. The second-order valence-electron chi connectivity index (χ2n) is 6.31. The number of anilines is 3. The smallest absolute Gasteiger partial charge is 0.270 e. The second kappa shape index (κ2) is 8.43. The van der Waals surface area contributed by atoms with Crippen LogP contribution >= 0.6 is 0 Å². The lowest BCUT2D eigenvalue weighted by Gasteiger charge is -2.14. The van der Waals surface area contributed by atoms with Crippen molar-refractivity contribution in [3.63, 3.8) is 0 Å². The first-order valence-electron chi connectivity index (χ1n) is 8.18. The topological polar surface area (TPSA) is 73.4 Å². The first-order valence-corrected chi connectivity index (χ1v) is 8.18. The van der Waals surface area contributed by atoms with Gasteiger partial charge in [0.25, 0.3) is 5.91 Å². The van der Waals surface area contributed by atoms with Crippen LogP contribution in [0, 0.1) is 6.92 Å². The van der Waals surface area contributed by atoms with E-state index in [0.29, 0.717) is 23.9 Å². The average molecular weight is 342 g/mol. The van der Waals surface area contributed by atoms with Crippen LogP contribution in [0.5, 0.6) is 0 Å². The Hall–Kier alpha value is -2.67. The molecule has 7 heteroatoms. The summed E-state index contributed by atoms with van der Waals surface area (Å²) in [5.74, 6) is 0.953. The summed E-state index contributed by atoms with van der Waals surface area (Å²) < 4.78 is 0. The van der Waals surface area contributed by atoms with Crippen molar-refractivity contribution < 1.29 is 4.79 Å². The molecule has 1 aromatic heterocycles. The van der Waals surface area contributed by atoms with E-state index >= 15 is 0 Å². The number of carbonyl (C=O) groups is 1. The molecule has 7 nitrogen and oxygen atoms in total. The van der Waals surface area contributed by atoms with Gasteiger partial charge < -0.3 is 20.4 Å². The van der Waals surface area contributed by atoms with Crippen molar-refractivity contribution in [2.24, 2.45) is 0 Å². The number of aromatic nitrogens is 2. The predicted molar refractivity (Wildman–Crippen MR) is 102 cm³/mol. The fourth-order valence-corrected chi connectivity index (χ4v) is 2.22. The standard InChI is InChI=1S/C18H26N6O/c1-13-20-16(18(25)19-10-11-23(2)3)12-17(21-13)22-14-6-8-15(9-7-14)24(4)5/h6-9,12H,10-11H2,1-5H3,(H,19,25)(H,20,21,22). The summed E-state index contributed by atoms with van der Waals surface area (Å²) in [6.07, 6.45) is 0. The van der Waals surface area contributed by atoms with Crippen LogP contribution in [-0.4, -0.2) is 62.1 Å². The molecule has 0 aliphatic heterocycles. The van der Waals surface area contributed by atoms with E-state index in [0.717, 1.165) is 17.9 Å². The monoisotopic (exact) mass is 342 g/mol. The van der Waals surface area contributed by atoms with E-state index in [4.69, 9.17) is 0 Å². The van der Waals surface area contributed by atoms with Crippen molar-refractivity contribution in [2.75, 3.05) is 51.5 Å². The van der Waals surface area contributed by atoms with Crippen molar-refractivity contribution >= 4 is 23.1 Å². The van der Waals surface area contributed by atoms with Crippen molar-refractivity contribution in [1.82, 2.24) is 20.2 Å². The van der Waals surface area contributed by atoms with E-state index in [1.54, 1.807) is 13.0 Å². The van der Waals surface area contributed by atoms with Gasteiger partial charge in [0.1, 0.15) is 17.3 Å². The molecule has 25 heavy (non-hydrogen) atoms. The molecule has 0 atom stereocenters. The summed E-state index contributed by atoms with van der Waals surface area (Å²) in [7, 11) is 7.92. The number of benzene rings is 1. The lowest BCUT2D eigenvalue weighted by atomic mass is 10.2. The minimum absolute atomic E-state index is 0.196. The number of nitrogens with zero attached hydrogens (tertiary/aromatic N) is 4. The van der Waals surface area contributed by atoms with Gasteiger partial charge in [0.2, 0.25) is 0 Å². The molecule has 1 heterocycles. The van der Waals surface area contributed by atoms with E-state index in [1.807, 2.05) is 62.3 Å². The zero-order chi connectivity index (χ0) is 18.4. The van der Waals surface area contributed by atoms with Crippen molar-refractivity contribution in [3.05, 3.63) is 41.9 Å². The Morgan fingerprint density at radius 1 is 1.08 bits per heavy atom. The Balaban J connectivity index is 2.08. The molecule has 0 unspecified atom stereocenters. The van der Waals surface area contributed by atoms with Gasteiger partial charge in [-0.3, -0.25) is 4.79 Å². The molecule has 0 bridgehead atoms. The zero-order valence-corrected chi connectivity index (χ0v) is 15.5. The summed E-state index contributed by atoms with van der Waals surface area (Å²) in [5, 5.41) is 6.09. The quantitative estimate of drug-likeness (QED) is 0.800. The number of hydrogen-bond donors (Lipinski definition) is 2. The normalized spacial score (nSPS) is 10.6. The van der Waals surface area contributed by atoms with Crippen LogP contribution in [0.2, 0.25) is 0 Å². The van der Waals surface area contributed by atoms with Crippen molar-refractivity contribution in [2.45, 2.75) is 6.92 Å². The fraction of sp³-hybridized carbons (Fsp3) is 0.389. The molecular formula is C18H26N6O. The lowest BCUT2D eigenvalue weighted by molar-refractivity contribution is 0.0945. The lowest BCUT2D eigenvalue weighted by Crippen LogP contribution is -2.32. The van der Waals surface area contributed by atoms with E-state index in [-0.39, 0.29) is 5.91 Å². The first-order chi connectivity index (χ1) is 11.8. The molecular weight excluding hydrogens is 316 g/mol. The summed E-state index contributed by atoms with van der Waals surface area (Å²) in [5.41, 5.74) is 2.38. The van der Waals surface area contributed by atoms with Gasteiger partial charge >= 0.3 is 0 Å². The third-order valence-electron chi connectivity index (χ3n) is 3.57. The molecule has 0 fully saturated rings. The maximum Gasteiger partial charge on any atom is 0.270 e. The summed E-state index contributed by atoms with van der Waals surface area (Å²) in [4.78, 5) is 24.9. The van der Waals surface area contributed by atoms with E-state index in [1.165, 1.54) is 0 Å². The Bertz CT molecular complexity index is 712. The molecule has 134 valence electrons. The van der Waals surface area contributed by atoms with E-state index < -0.39 is 0 Å². The van der Waals surface area contributed by atoms with Crippen molar-refractivity contribution in [1.29, 1.82) is 0 Å². The number of likely N-dealkylation sites (N-methyl/N-ethyl adjacent to an activating group) is 1. The average Bonchev–Trinajstić information content (AvgIpc) is 2.54. The van der Waals surface area contributed by atoms with Crippen LogP contribution in [0.1, 0.15) is 16.3 Å². The number of aryl methyl sites for hydroxylation is 1. The summed E-state index contributed by atoms with van der Waals surface area (Å²) in [6, 6.07) is 9.65. The number of nitrogens with one attached hydrogen (secondary N) is 2. The van der Waals surface area contributed by atoms with Gasteiger partial charge in [-0.1, -0.05) is 0 Å². The predicted octanol–water partition coefficient (Wildman–Crippen LogP) is 1.89.